The van der Waals surface area contributed by atoms with Crippen LogP contribution in [0.1, 0.15) is 259 Å². The molecule has 0 heterocycles. The van der Waals surface area contributed by atoms with Gasteiger partial charge in [0.15, 0.2) is 6.10 Å². The van der Waals surface area contributed by atoms with E-state index in [1.807, 2.05) is 0 Å². The van der Waals surface area contributed by atoms with Crippen LogP contribution in [0.3, 0.4) is 0 Å². The second-order valence-electron chi connectivity index (χ2n) is 17.1. The van der Waals surface area contributed by atoms with Crippen LogP contribution in [0.15, 0.2) is 0 Å². The van der Waals surface area contributed by atoms with Crippen LogP contribution in [0, 0.1) is 11.8 Å². The molecule has 0 saturated carbocycles. The number of esters is 3. The van der Waals surface area contributed by atoms with E-state index in [1.54, 1.807) is 0 Å². The van der Waals surface area contributed by atoms with E-state index in [4.69, 9.17) is 14.2 Å². The summed E-state index contributed by atoms with van der Waals surface area (Å²) in [6, 6.07) is 0. The van der Waals surface area contributed by atoms with Crippen molar-refractivity contribution in [1.29, 1.82) is 0 Å². The van der Waals surface area contributed by atoms with E-state index in [1.165, 1.54) is 148 Å². The lowest BCUT2D eigenvalue weighted by Crippen LogP contribution is -2.30. The highest BCUT2D eigenvalue weighted by molar-refractivity contribution is 5.71. The van der Waals surface area contributed by atoms with E-state index in [9.17, 15) is 14.4 Å². The van der Waals surface area contributed by atoms with Crippen molar-refractivity contribution in [2.45, 2.75) is 265 Å². The van der Waals surface area contributed by atoms with E-state index in [2.05, 4.69) is 34.6 Å². The van der Waals surface area contributed by atoms with Gasteiger partial charge in [0.1, 0.15) is 13.2 Å². The number of rotatable bonds is 42. The molecule has 2 atom stereocenters. The molecule has 6 nitrogen and oxygen atoms in total. The number of hydrogen-bond acceptors (Lipinski definition) is 6. The van der Waals surface area contributed by atoms with Gasteiger partial charge in [-0.2, -0.15) is 0 Å². The number of carbonyl (C=O) groups is 3. The van der Waals surface area contributed by atoms with Crippen molar-refractivity contribution in [3.8, 4) is 0 Å². The Morgan fingerprint density at radius 3 is 1.06 bits per heavy atom. The van der Waals surface area contributed by atoms with Crippen LogP contribution in [-0.2, 0) is 28.6 Å². The second-order valence-corrected chi connectivity index (χ2v) is 17.1. The van der Waals surface area contributed by atoms with Crippen molar-refractivity contribution in [3.05, 3.63) is 0 Å². The topological polar surface area (TPSA) is 78.9 Å². The van der Waals surface area contributed by atoms with Gasteiger partial charge < -0.3 is 14.2 Å². The monoisotopic (exact) mass is 765 g/mol. The summed E-state index contributed by atoms with van der Waals surface area (Å²) in [7, 11) is 0. The molecule has 0 aliphatic carbocycles. The van der Waals surface area contributed by atoms with Crippen LogP contribution in [0.5, 0.6) is 0 Å². The zero-order valence-electron chi connectivity index (χ0n) is 36.8. The molecule has 6 heteroatoms. The molecule has 54 heavy (non-hydrogen) atoms. The molecule has 0 bridgehead atoms. The van der Waals surface area contributed by atoms with E-state index in [-0.39, 0.29) is 31.1 Å². The molecular weight excluding hydrogens is 673 g/mol. The number of carbonyl (C=O) groups excluding carboxylic acids is 3. The van der Waals surface area contributed by atoms with E-state index in [0.717, 1.165) is 69.6 Å². The van der Waals surface area contributed by atoms with Crippen LogP contribution in [0.2, 0.25) is 0 Å². The van der Waals surface area contributed by atoms with Crippen LogP contribution < -0.4 is 0 Å². The van der Waals surface area contributed by atoms with Gasteiger partial charge in [0.05, 0.1) is 0 Å². The molecule has 0 spiro atoms. The quantitative estimate of drug-likeness (QED) is 0.0350. The lowest BCUT2D eigenvalue weighted by atomic mass is 10.00. The Bertz CT molecular complexity index is 826. The SMILES string of the molecule is CCCCCCCCCCCCCCCCC(=O)OC[C@@H](COC(=O)CCCCCCCCC(C)CC)OC(=O)CCCCCCCCCCCC(C)C. The smallest absolute Gasteiger partial charge is 0.306 e. The molecule has 0 amide bonds. The molecule has 0 N–H and O–H groups in total. The predicted octanol–water partition coefficient (Wildman–Crippen LogP) is 15.0. The van der Waals surface area contributed by atoms with Crippen molar-refractivity contribution in [3.63, 3.8) is 0 Å². The van der Waals surface area contributed by atoms with Gasteiger partial charge in [0, 0.05) is 19.3 Å². The largest absolute Gasteiger partial charge is 0.462 e. The summed E-state index contributed by atoms with van der Waals surface area (Å²) < 4.78 is 16.7. The first-order chi connectivity index (χ1) is 26.3. The standard InChI is InChI=1S/C48H92O6/c1-6-8-9-10-11-12-13-14-15-16-19-22-28-33-38-46(49)52-41-45(42-53-47(50)39-34-29-25-24-27-32-37-44(5)7-2)54-48(51)40-35-30-23-20-17-18-21-26-31-36-43(3)4/h43-45H,6-42H2,1-5H3/t44?,45-/m0/s1. The summed E-state index contributed by atoms with van der Waals surface area (Å²) in [5, 5.41) is 0. The third-order valence-electron chi connectivity index (χ3n) is 11.1. The van der Waals surface area contributed by atoms with Crippen molar-refractivity contribution in [1.82, 2.24) is 0 Å². The maximum Gasteiger partial charge on any atom is 0.306 e. The zero-order valence-corrected chi connectivity index (χ0v) is 36.8. The Morgan fingerprint density at radius 2 is 0.704 bits per heavy atom. The molecule has 0 fully saturated rings. The van der Waals surface area contributed by atoms with E-state index >= 15 is 0 Å². The van der Waals surface area contributed by atoms with Crippen molar-refractivity contribution < 1.29 is 28.6 Å². The average molecular weight is 765 g/mol. The second kappa shape index (κ2) is 41.1. The number of hydrogen-bond donors (Lipinski definition) is 0. The van der Waals surface area contributed by atoms with Crippen LogP contribution in [0.25, 0.3) is 0 Å². The summed E-state index contributed by atoms with van der Waals surface area (Å²) in [5.74, 6) is 0.762. The molecule has 0 saturated heterocycles. The molecule has 0 aromatic heterocycles. The Morgan fingerprint density at radius 1 is 0.389 bits per heavy atom. The van der Waals surface area contributed by atoms with Gasteiger partial charge >= 0.3 is 17.9 Å². The Labute approximate surface area is 336 Å². The fourth-order valence-corrected chi connectivity index (χ4v) is 7.07. The fourth-order valence-electron chi connectivity index (χ4n) is 7.07. The first-order valence-electron chi connectivity index (χ1n) is 23.8. The molecule has 0 rings (SSSR count). The van der Waals surface area contributed by atoms with Gasteiger partial charge in [-0.15, -0.1) is 0 Å². The minimum atomic E-state index is -0.761. The summed E-state index contributed by atoms with van der Waals surface area (Å²) in [6.07, 6.45) is 39.5. The lowest BCUT2D eigenvalue weighted by Gasteiger charge is -2.18. The number of ether oxygens (including phenoxy) is 3. The molecular formula is C48H92O6. The van der Waals surface area contributed by atoms with E-state index in [0.29, 0.717) is 19.3 Å². The van der Waals surface area contributed by atoms with Gasteiger partial charge in [-0.1, -0.05) is 221 Å². The van der Waals surface area contributed by atoms with Gasteiger partial charge in [-0.25, -0.2) is 0 Å². The first kappa shape index (κ1) is 52.4. The normalized spacial score (nSPS) is 12.6. The van der Waals surface area contributed by atoms with Gasteiger partial charge in [0.2, 0.25) is 0 Å². The van der Waals surface area contributed by atoms with Crippen LogP contribution >= 0.6 is 0 Å². The first-order valence-corrected chi connectivity index (χ1v) is 23.8. The lowest BCUT2D eigenvalue weighted by molar-refractivity contribution is -0.167. The van der Waals surface area contributed by atoms with Gasteiger partial charge in [-0.3, -0.25) is 14.4 Å². The highest BCUT2D eigenvalue weighted by Gasteiger charge is 2.19. The summed E-state index contributed by atoms with van der Waals surface area (Å²) in [6.45, 7) is 11.3. The molecule has 1 unspecified atom stereocenters. The molecule has 0 aromatic rings. The van der Waals surface area contributed by atoms with Crippen LogP contribution in [0.4, 0.5) is 0 Å². The average Bonchev–Trinajstić information content (AvgIpc) is 3.15. The molecule has 320 valence electrons. The highest BCUT2D eigenvalue weighted by atomic mass is 16.6. The van der Waals surface area contributed by atoms with E-state index < -0.39 is 6.10 Å². The third kappa shape index (κ3) is 40.1. The zero-order chi connectivity index (χ0) is 39.7. The summed E-state index contributed by atoms with van der Waals surface area (Å²) in [4.78, 5) is 37.8. The number of unbranched alkanes of at least 4 members (excludes halogenated alkanes) is 26. The van der Waals surface area contributed by atoms with Gasteiger partial charge in [-0.05, 0) is 31.1 Å². The van der Waals surface area contributed by atoms with Gasteiger partial charge in [0.25, 0.3) is 0 Å². The Kier molecular flexibility index (Phi) is 39.8. The summed E-state index contributed by atoms with van der Waals surface area (Å²) in [5.41, 5.74) is 0. The Balaban J connectivity index is 4.33. The maximum absolute atomic E-state index is 12.7. The molecule has 0 aliphatic rings. The third-order valence-corrected chi connectivity index (χ3v) is 11.1. The predicted molar refractivity (Wildman–Crippen MR) is 229 cm³/mol. The maximum atomic E-state index is 12.7. The van der Waals surface area contributed by atoms with Crippen molar-refractivity contribution in [2.75, 3.05) is 13.2 Å². The Hall–Kier alpha value is -1.59. The fraction of sp³-hybridized carbons (Fsp3) is 0.938. The molecule has 0 aromatic carbocycles. The molecule has 0 aliphatic heterocycles. The minimum Gasteiger partial charge on any atom is -0.462 e. The minimum absolute atomic E-state index is 0.0652. The summed E-state index contributed by atoms with van der Waals surface area (Å²) >= 11 is 0. The van der Waals surface area contributed by atoms with Crippen LogP contribution in [-0.4, -0.2) is 37.2 Å². The molecule has 0 radical (unpaired) electrons. The highest BCUT2D eigenvalue weighted by Crippen LogP contribution is 2.17. The van der Waals surface area contributed by atoms with Crippen molar-refractivity contribution in [2.24, 2.45) is 11.8 Å². The van der Waals surface area contributed by atoms with Crippen molar-refractivity contribution >= 4 is 17.9 Å².